The van der Waals surface area contributed by atoms with Crippen molar-refractivity contribution in [3.63, 3.8) is 0 Å². The molecule has 7 nitrogen and oxygen atoms in total. The summed E-state index contributed by atoms with van der Waals surface area (Å²) in [6, 6.07) is 10.9. The third-order valence-corrected chi connectivity index (χ3v) is 8.06. The summed E-state index contributed by atoms with van der Waals surface area (Å²) in [6.45, 7) is 5.21. The topological polar surface area (TPSA) is 92.4 Å². The minimum Gasteiger partial charge on any atom is -0.379 e. The Hall–Kier alpha value is -2.20. The number of morpholine rings is 1. The zero-order valence-corrected chi connectivity index (χ0v) is 18.4. The molecule has 0 bridgehead atoms. The number of ether oxygens (including phenoxy) is 1. The molecule has 2 aromatic heterocycles. The van der Waals surface area contributed by atoms with Gasteiger partial charge in [0.2, 0.25) is 10.0 Å². The average Bonchev–Trinajstić information content (AvgIpc) is 3.09. The van der Waals surface area contributed by atoms with E-state index in [9.17, 15) is 13.2 Å². The zero-order valence-electron chi connectivity index (χ0n) is 16.8. The largest absolute Gasteiger partial charge is 0.379 e. The highest BCUT2D eigenvalue weighted by molar-refractivity contribution is 8.00. The van der Waals surface area contributed by atoms with E-state index in [1.165, 1.54) is 22.3 Å². The molecule has 3 aromatic rings. The van der Waals surface area contributed by atoms with Gasteiger partial charge < -0.3 is 9.72 Å². The van der Waals surface area contributed by atoms with E-state index in [-0.39, 0.29) is 15.9 Å². The van der Waals surface area contributed by atoms with Gasteiger partial charge in [-0.2, -0.15) is 4.31 Å². The highest BCUT2D eigenvalue weighted by atomic mass is 32.2. The number of aryl methyl sites for hydroxylation is 1. The maximum Gasteiger partial charge on any atom is 0.244 e. The van der Waals surface area contributed by atoms with E-state index in [1.54, 1.807) is 12.1 Å². The minimum absolute atomic E-state index is 0.0155. The molecule has 1 unspecified atom stereocenters. The number of benzene rings is 1. The first-order valence-electron chi connectivity index (χ1n) is 9.70. The summed E-state index contributed by atoms with van der Waals surface area (Å²) in [5.41, 5.74) is 2.47. The van der Waals surface area contributed by atoms with Crippen molar-refractivity contribution in [2.24, 2.45) is 0 Å². The van der Waals surface area contributed by atoms with Crippen LogP contribution in [-0.2, 0) is 14.8 Å². The number of hydrogen-bond acceptors (Lipinski definition) is 6. The Labute approximate surface area is 179 Å². The van der Waals surface area contributed by atoms with Gasteiger partial charge in [0.1, 0.15) is 4.90 Å². The number of carbonyl (C=O) groups is 1. The normalized spacial score (nSPS) is 16.6. The monoisotopic (exact) mass is 445 g/mol. The number of hydrogen-bond donors (Lipinski definition) is 1. The summed E-state index contributed by atoms with van der Waals surface area (Å²) in [5.74, 6) is 0.0155. The number of nitrogens with one attached hydrogen (secondary N) is 1. The van der Waals surface area contributed by atoms with Crippen LogP contribution < -0.4 is 0 Å². The Balaban J connectivity index is 1.50. The Morgan fingerprint density at radius 1 is 1.20 bits per heavy atom. The number of thioether (sulfide) groups is 1. The van der Waals surface area contributed by atoms with Gasteiger partial charge in [0.15, 0.2) is 5.78 Å². The molecule has 4 rings (SSSR count). The van der Waals surface area contributed by atoms with Gasteiger partial charge in [0, 0.05) is 41.4 Å². The molecule has 0 saturated carbocycles. The summed E-state index contributed by atoms with van der Waals surface area (Å²) in [5, 5.41) is 1.15. The van der Waals surface area contributed by atoms with Crippen molar-refractivity contribution in [2.45, 2.75) is 29.0 Å². The van der Waals surface area contributed by atoms with E-state index in [2.05, 4.69) is 9.97 Å². The first-order valence-corrected chi connectivity index (χ1v) is 12.0. The summed E-state index contributed by atoms with van der Waals surface area (Å²) < 4.78 is 32.1. The van der Waals surface area contributed by atoms with Crippen LogP contribution in [0.2, 0.25) is 0 Å². The number of aromatic amines is 1. The predicted octanol–water partition coefficient (Wildman–Crippen LogP) is 3.26. The van der Waals surface area contributed by atoms with Crippen molar-refractivity contribution in [1.29, 1.82) is 0 Å². The van der Waals surface area contributed by atoms with Gasteiger partial charge in [-0.25, -0.2) is 13.4 Å². The molecule has 0 amide bonds. The minimum atomic E-state index is -3.58. The smallest absolute Gasteiger partial charge is 0.244 e. The fourth-order valence-electron chi connectivity index (χ4n) is 3.56. The van der Waals surface area contributed by atoms with Crippen molar-refractivity contribution in [2.75, 3.05) is 26.3 Å². The molecular formula is C21H23N3O4S2. The van der Waals surface area contributed by atoms with Gasteiger partial charge in [-0.1, -0.05) is 30.0 Å². The molecule has 1 saturated heterocycles. The Kier molecular flexibility index (Phi) is 5.97. The Bertz CT molecular complexity index is 1170. The van der Waals surface area contributed by atoms with Gasteiger partial charge in [0.25, 0.3) is 0 Å². The highest BCUT2D eigenvalue weighted by Gasteiger charge is 2.27. The second-order valence-electron chi connectivity index (χ2n) is 7.14. The number of carbonyl (C=O) groups excluding carboxylic acids is 1. The molecule has 1 fully saturated rings. The van der Waals surface area contributed by atoms with E-state index < -0.39 is 10.0 Å². The highest BCUT2D eigenvalue weighted by Crippen LogP contribution is 2.29. The lowest BCUT2D eigenvalue weighted by atomic mass is 10.1. The van der Waals surface area contributed by atoms with E-state index in [0.29, 0.717) is 36.9 Å². The third kappa shape index (κ3) is 4.02. The molecule has 3 heterocycles. The van der Waals surface area contributed by atoms with Gasteiger partial charge in [-0.05, 0) is 32.0 Å². The number of sulfonamides is 1. The van der Waals surface area contributed by atoms with Crippen LogP contribution in [0.25, 0.3) is 10.9 Å². The van der Waals surface area contributed by atoms with Crippen LogP contribution >= 0.6 is 11.8 Å². The molecule has 0 spiro atoms. The molecule has 1 N–H and O–H groups in total. The maximum absolute atomic E-state index is 13.1. The molecule has 30 heavy (non-hydrogen) atoms. The summed E-state index contributed by atoms with van der Waals surface area (Å²) in [4.78, 5) is 20.8. The van der Waals surface area contributed by atoms with Gasteiger partial charge in [0.05, 0.1) is 23.5 Å². The number of nitrogens with zero attached hydrogens (tertiary/aromatic N) is 2. The number of ketones is 1. The van der Waals surface area contributed by atoms with Crippen molar-refractivity contribution >= 4 is 38.5 Å². The molecule has 0 radical (unpaired) electrons. The fourth-order valence-corrected chi connectivity index (χ4v) is 5.76. The van der Waals surface area contributed by atoms with Crippen LogP contribution in [0.5, 0.6) is 0 Å². The zero-order chi connectivity index (χ0) is 21.3. The number of para-hydroxylation sites is 1. The van der Waals surface area contributed by atoms with Crippen molar-refractivity contribution in [1.82, 2.24) is 14.3 Å². The van der Waals surface area contributed by atoms with Crippen molar-refractivity contribution in [3.8, 4) is 0 Å². The van der Waals surface area contributed by atoms with Crippen LogP contribution in [0.4, 0.5) is 0 Å². The molecule has 1 aliphatic rings. The number of Topliss-reactive ketones (excluding diaryl/α,β-unsaturated/α-hetero) is 1. The van der Waals surface area contributed by atoms with Crippen LogP contribution in [0.1, 0.15) is 23.0 Å². The SMILES string of the molecule is Cc1[nH]c2ccccc2c1C(=O)C(C)Sc1ccc(S(=O)(=O)N2CCOCC2)cn1. The van der Waals surface area contributed by atoms with E-state index in [1.807, 2.05) is 38.1 Å². The van der Waals surface area contributed by atoms with E-state index in [0.717, 1.165) is 16.6 Å². The molecule has 9 heteroatoms. The van der Waals surface area contributed by atoms with Crippen LogP contribution in [0, 0.1) is 6.92 Å². The fraction of sp³-hybridized carbons (Fsp3) is 0.333. The van der Waals surface area contributed by atoms with Crippen LogP contribution in [0.15, 0.2) is 52.5 Å². The lowest BCUT2D eigenvalue weighted by molar-refractivity contribution is 0.0730. The summed E-state index contributed by atoms with van der Waals surface area (Å²) in [6.07, 6.45) is 1.36. The van der Waals surface area contributed by atoms with Crippen molar-refractivity contribution < 1.29 is 17.9 Å². The number of H-pyrrole nitrogens is 1. The van der Waals surface area contributed by atoms with Gasteiger partial charge in [-0.3, -0.25) is 4.79 Å². The lowest BCUT2D eigenvalue weighted by Crippen LogP contribution is -2.40. The Morgan fingerprint density at radius 3 is 2.63 bits per heavy atom. The van der Waals surface area contributed by atoms with Gasteiger partial charge >= 0.3 is 0 Å². The second-order valence-corrected chi connectivity index (χ2v) is 10.4. The molecule has 1 aromatic carbocycles. The van der Waals surface area contributed by atoms with Gasteiger partial charge in [-0.15, -0.1) is 0 Å². The van der Waals surface area contributed by atoms with Crippen molar-refractivity contribution in [3.05, 3.63) is 53.9 Å². The Morgan fingerprint density at radius 2 is 1.93 bits per heavy atom. The first-order chi connectivity index (χ1) is 14.4. The number of rotatable bonds is 6. The van der Waals surface area contributed by atoms with E-state index >= 15 is 0 Å². The first kappa shape index (κ1) is 21.0. The van der Waals surface area contributed by atoms with Crippen LogP contribution in [0.3, 0.4) is 0 Å². The lowest BCUT2D eigenvalue weighted by Gasteiger charge is -2.25. The van der Waals surface area contributed by atoms with E-state index in [4.69, 9.17) is 4.74 Å². The molecular weight excluding hydrogens is 422 g/mol. The molecule has 158 valence electrons. The number of aromatic nitrogens is 2. The second kappa shape index (κ2) is 8.50. The number of pyridine rings is 1. The average molecular weight is 446 g/mol. The standard InChI is InChI=1S/C21H23N3O4S2/c1-14-20(17-5-3-4-6-18(17)23-14)21(25)15(2)29-19-8-7-16(13-22-19)30(26,27)24-9-11-28-12-10-24/h3-8,13,15,23H,9-12H2,1-2H3. The summed E-state index contributed by atoms with van der Waals surface area (Å²) >= 11 is 1.32. The quantitative estimate of drug-likeness (QED) is 0.463. The summed E-state index contributed by atoms with van der Waals surface area (Å²) in [7, 11) is -3.58. The van der Waals surface area contributed by atoms with Crippen LogP contribution in [-0.4, -0.2) is 60.0 Å². The molecule has 0 aliphatic carbocycles. The predicted molar refractivity (Wildman–Crippen MR) is 117 cm³/mol. The third-order valence-electron chi connectivity index (χ3n) is 5.12. The molecule has 1 aliphatic heterocycles. The number of fused-ring (bicyclic) bond motifs is 1. The maximum atomic E-state index is 13.1. The molecule has 1 atom stereocenters.